The summed E-state index contributed by atoms with van der Waals surface area (Å²) in [6, 6.07) is 4.18. The summed E-state index contributed by atoms with van der Waals surface area (Å²) in [4.78, 5) is 29.6. The minimum absolute atomic E-state index is 0.0369. The Labute approximate surface area is 142 Å². The minimum Gasteiger partial charge on any atom is -0.447 e. The molecular weight excluding hydrogens is 306 g/mol. The first-order valence-electron chi connectivity index (χ1n) is 8.50. The van der Waals surface area contributed by atoms with Crippen molar-refractivity contribution in [3.63, 3.8) is 0 Å². The SMILES string of the molecule is CC(C)(C)c1ccc(C2CN(C(=O)CC[C@@H]3COC(=O)N3)C2)nc1. The summed E-state index contributed by atoms with van der Waals surface area (Å²) < 4.78 is 4.82. The van der Waals surface area contributed by atoms with E-state index in [0.717, 1.165) is 18.8 Å². The number of nitrogens with one attached hydrogen (secondary N) is 1. The maximum atomic E-state index is 12.2. The fourth-order valence-corrected chi connectivity index (χ4v) is 3.00. The van der Waals surface area contributed by atoms with Crippen molar-refractivity contribution in [2.75, 3.05) is 19.7 Å². The van der Waals surface area contributed by atoms with Crippen molar-refractivity contribution in [2.24, 2.45) is 0 Å². The van der Waals surface area contributed by atoms with Crippen LogP contribution in [0.2, 0.25) is 0 Å². The number of cyclic esters (lactones) is 1. The summed E-state index contributed by atoms with van der Waals surface area (Å²) in [6.45, 7) is 8.34. The van der Waals surface area contributed by atoms with E-state index >= 15 is 0 Å². The molecule has 2 aliphatic rings. The Morgan fingerprint density at radius 1 is 1.38 bits per heavy atom. The van der Waals surface area contributed by atoms with Gasteiger partial charge in [0, 0.05) is 37.3 Å². The van der Waals surface area contributed by atoms with Gasteiger partial charge in [-0.25, -0.2) is 4.79 Å². The van der Waals surface area contributed by atoms with E-state index in [1.165, 1.54) is 5.56 Å². The van der Waals surface area contributed by atoms with Crippen LogP contribution in [0.4, 0.5) is 4.79 Å². The molecule has 24 heavy (non-hydrogen) atoms. The number of amides is 2. The van der Waals surface area contributed by atoms with E-state index < -0.39 is 0 Å². The standard InChI is InChI=1S/C18H25N3O3/c1-18(2,3)13-4-6-15(19-8-13)12-9-21(10-12)16(22)7-5-14-11-24-17(23)20-14/h4,6,8,12,14H,5,7,9-11H2,1-3H3,(H,20,23)/t14-/m1/s1. The second kappa shape index (κ2) is 6.42. The maximum Gasteiger partial charge on any atom is 0.407 e. The zero-order valence-electron chi connectivity index (χ0n) is 14.5. The van der Waals surface area contributed by atoms with Crippen LogP contribution in [-0.2, 0) is 14.9 Å². The quantitative estimate of drug-likeness (QED) is 0.918. The van der Waals surface area contributed by atoms with Crippen molar-refractivity contribution < 1.29 is 14.3 Å². The van der Waals surface area contributed by atoms with Gasteiger partial charge in [-0.1, -0.05) is 26.8 Å². The number of hydrogen-bond acceptors (Lipinski definition) is 4. The number of likely N-dealkylation sites (tertiary alicyclic amines) is 1. The average molecular weight is 331 g/mol. The molecule has 0 aliphatic carbocycles. The minimum atomic E-state index is -0.388. The molecule has 0 spiro atoms. The first-order valence-corrected chi connectivity index (χ1v) is 8.50. The number of alkyl carbamates (subject to hydrolysis) is 1. The van der Waals surface area contributed by atoms with Crippen molar-refractivity contribution >= 4 is 12.0 Å². The van der Waals surface area contributed by atoms with Gasteiger partial charge in [0.2, 0.25) is 5.91 Å². The molecule has 0 unspecified atom stereocenters. The Hall–Kier alpha value is -2.11. The van der Waals surface area contributed by atoms with Crippen molar-refractivity contribution in [1.82, 2.24) is 15.2 Å². The van der Waals surface area contributed by atoms with Gasteiger partial charge < -0.3 is 15.0 Å². The van der Waals surface area contributed by atoms with Crippen LogP contribution >= 0.6 is 0 Å². The molecule has 0 bridgehead atoms. The summed E-state index contributed by atoms with van der Waals surface area (Å²) in [5.41, 5.74) is 2.38. The molecule has 6 nitrogen and oxygen atoms in total. The van der Waals surface area contributed by atoms with Gasteiger partial charge in [0.15, 0.2) is 0 Å². The molecule has 3 heterocycles. The van der Waals surface area contributed by atoms with Crippen molar-refractivity contribution in [3.8, 4) is 0 Å². The van der Waals surface area contributed by atoms with Gasteiger partial charge in [-0.3, -0.25) is 9.78 Å². The van der Waals surface area contributed by atoms with Crippen molar-refractivity contribution in [2.45, 2.75) is 51.0 Å². The molecule has 0 saturated carbocycles. The predicted molar refractivity (Wildman–Crippen MR) is 89.8 cm³/mol. The number of aromatic nitrogens is 1. The molecule has 0 radical (unpaired) electrons. The topological polar surface area (TPSA) is 71.5 Å². The zero-order chi connectivity index (χ0) is 17.3. The van der Waals surface area contributed by atoms with E-state index in [4.69, 9.17) is 4.74 Å². The molecule has 1 aromatic heterocycles. The first kappa shape index (κ1) is 16.7. The summed E-state index contributed by atoms with van der Waals surface area (Å²) in [5, 5.41) is 2.69. The number of hydrogen-bond donors (Lipinski definition) is 1. The van der Waals surface area contributed by atoms with Gasteiger partial charge in [0.05, 0.1) is 6.04 Å². The largest absolute Gasteiger partial charge is 0.447 e. The highest BCUT2D eigenvalue weighted by Gasteiger charge is 2.33. The van der Waals surface area contributed by atoms with Crippen LogP contribution in [-0.4, -0.2) is 47.6 Å². The van der Waals surface area contributed by atoms with Crippen LogP contribution in [0, 0.1) is 0 Å². The Bertz CT molecular complexity index is 615. The van der Waals surface area contributed by atoms with Gasteiger partial charge in [0.25, 0.3) is 0 Å². The van der Waals surface area contributed by atoms with Crippen LogP contribution in [0.1, 0.15) is 50.8 Å². The Morgan fingerprint density at radius 3 is 2.67 bits per heavy atom. The third-order valence-corrected chi connectivity index (χ3v) is 4.75. The molecule has 6 heteroatoms. The molecule has 2 amide bonds. The number of rotatable bonds is 4. The van der Waals surface area contributed by atoms with E-state index in [-0.39, 0.29) is 23.5 Å². The molecule has 2 fully saturated rings. The van der Waals surface area contributed by atoms with Gasteiger partial charge in [-0.05, 0) is 23.5 Å². The summed E-state index contributed by atoms with van der Waals surface area (Å²) in [5.74, 6) is 0.469. The second-order valence-electron chi connectivity index (χ2n) is 7.70. The normalized spacial score (nSPS) is 21.2. The lowest BCUT2D eigenvalue weighted by Gasteiger charge is -2.39. The lowest BCUT2D eigenvalue weighted by molar-refractivity contribution is -0.135. The van der Waals surface area contributed by atoms with E-state index in [1.54, 1.807) is 0 Å². The monoisotopic (exact) mass is 331 g/mol. The fraction of sp³-hybridized carbons (Fsp3) is 0.611. The maximum absolute atomic E-state index is 12.2. The molecule has 1 N–H and O–H groups in total. The van der Waals surface area contributed by atoms with Gasteiger partial charge >= 0.3 is 6.09 Å². The summed E-state index contributed by atoms with van der Waals surface area (Å²) >= 11 is 0. The van der Waals surface area contributed by atoms with E-state index in [1.807, 2.05) is 11.1 Å². The van der Waals surface area contributed by atoms with E-state index in [2.05, 4.69) is 43.2 Å². The number of ether oxygens (including phenoxy) is 1. The lowest BCUT2D eigenvalue weighted by atomic mass is 9.87. The number of pyridine rings is 1. The smallest absolute Gasteiger partial charge is 0.407 e. The van der Waals surface area contributed by atoms with Crippen LogP contribution < -0.4 is 5.32 Å². The van der Waals surface area contributed by atoms with Crippen LogP contribution in [0.5, 0.6) is 0 Å². The lowest BCUT2D eigenvalue weighted by Crippen LogP contribution is -2.49. The number of nitrogens with zero attached hydrogens (tertiary/aromatic N) is 2. The highest BCUT2D eigenvalue weighted by atomic mass is 16.6. The molecule has 0 aromatic carbocycles. The van der Waals surface area contributed by atoms with Crippen LogP contribution in [0.25, 0.3) is 0 Å². The molecule has 1 atom stereocenters. The fourth-order valence-electron chi connectivity index (χ4n) is 3.00. The summed E-state index contributed by atoms with van der Waals surface area (Å²) in [7, 11) is 0. The third-order valence-electron chi connectivity index (χ3n) is 4.75. The molecular formula is C18H25N3O3. The molecule has 2 saturated heterocycles. The van der Waals surface area contributed by atoms with E-state index in [9.17, 15) is 9.59 Å². The Kier molecular flexibility index (Phi) is 4.47. The van der Waals surface area contributed by atoms with Crippen LogP contribution in [0.3, 0.4) is 0 Å². The van der Waals surface area contributed by atoms with Crippen LogP contribution in [0.15, 0.2) is 18.3 Å². The average Bonchev–Trinajstić information content (AvgIpc) is 2.89. The number of carbonyl (C=O) groups is 2. The van der Waals surface area contributed by atoms with Crippen molar-refractivity contribution in [3.05, 3.63) is 29.6 Å². The predicted octanol–water partition coefficient (Wildman–Crippen LogP) is 2.19. The number of carbonyl (C=O) groups excluding carboxylic acids is 2. The van der Waals surface area contributed by atoms with Gasteiger partial charge in [-0.15, -0.1) is 0 Å². The van der Waals surface area contributed by atoms with E-state index in [0.29, 0.717) is 25.4 Å². The molecule has 130 valence electrons. The summed E-state index contributed by atoms with van der Waals surface area (Å²) in [6.07, 6.45) is 2.63. The van der Waals surface area contributed by atoms with Gasteiger partial charge in [0.1, 0.15) is 6.61 Å². The zero-order valence-corrected chi connectivity index (χ0v) is 14.5. The molecule has 2 aliphatic heterocycles. The Balaban J connectivity index is 1.45. The second-order valence-corrected chi connectivity index (χ2v) is 7.70. The highest BCUT2D eigenvalue weighted by Crippen LogP contribution is 2.28. The highest BCUT2D eigenvalue weighted by molar-refractivity contribution is 5.77. The van der Waals surface area contributed by atoms with Crippen molar-refractivity contribution in [1.29, 1.82) is 0 Å². The first-order chi connectivity index (χ1) is 11.3. The molecule has 3 rings (SSSR count). The Morgan fingerprint density at radius 2 is 2.12 bits per heavy atom. The molecule has 1 aromatic rings. The van der Waals surface area contributed by atoms with Gasteiger partial charge in [-0.2, -0.15) is 0 Å². The third kappa shape index (κ3) is 3.68.